The molecule has 2 heterocycles. The number of likely N-dealkylation sites (tertiary alicyclic amines) is 1. The Morgan fingerprint density at radius 2 is 1.87 bits per heavy atom. The fourth-order valence-corrected chi connectivity index (χ4v) is 3.97. The van der Waals surface area contributed by atoms with Gasteiger partial charge in [0, 0.05) is 31.7 Å². The topological polar surface area (TPSA) is 76.2 Å². The highest BCUT2D eigenvalue weighted by molar-refractivity contribution is 5.95. The van der Waals surface area contributed by atoms with Crippen LogP contribution in [0.5, 0.6) is 0 Å². The first-order chi connectivity index (χ1) is 14.2. The number of amides is 2. The van der Waals surface area contributed by atoms with Gasteiger partial charge in [0.2, 0.25) is 0 Å². The quantitative estimate of drug-likeness (QED) is 0.706. The second-order valence-electron chi connectivity index (χ2n) is 8.98. The third-order valence-corrected chi connectivity index (χ3v) is 5.45. The molecule has 0 N–H and O–H groups in total. The average molecular weight is 417 g/mol. The van der Waals surface area contributed by atoms with Crippen LogP contribution < -0.4 is 0 Å². The van der Waals surface area contributed by atoms with Crippen molar-refractivity contribution in [3.8, 4) is 0 Å². The normalized spacial score (nSPS) is 19.1. The fraction of sp³-hybridized carbons (Fsp3) is 0.609. The molecule has 7 nitrogen and oxygen atoms in total. The lowest BCUT2D eigenvalue weighted by Crippen LogP contribution is -2.43. The summed E-state index contributed by atoms with van der Waals surface area (Å²) in [7, 11) is 0. The maximum Gasteiger partial charge on any atom is 0.410 e. The van der Waals surface area contributed by atoms with E-state index in [9.17, 15) is 14.4 Å². The predicted octanol–water partition coefficient (Wildman–Crippen LogP) is 3.40. The second-order valence-corrected chi connectivity index (χ2v) is 8.98. The molecule has 0 saturated carbocycles. The summed E-state index contributed by atoms with van der Waals surface area (Å²) in [6.45, 7) is 9.81. The zero-order valence-corrected chi connectivity index (χ0v) is 18.4. The molecule has 0 unspecified atom stereocenters. The Labute approximate surface area is 178 Å². The number of ether oxygens (including phenoxy) is 2. The van der Waals surface area contributed by atoms with Gasteiger partial charge in [0.05, 0.1) is 12.5 Å². The SMILES string of the molecule is CCOC(=O)[C@@H]1CCCN(C(=O)c2ccc3c(c2)CCN(C(=O)OC(C)(C)C)C3)C1. The van der Waals surface area contributed by atoms with Crippen molar-refractivity contribution in [2.45, 2.75) is 59.1 Å². The van der Waals surface area contributed by atoms with E-state index in [1.807, 2.05) is 39.0 Å². The van der Waals surface area contributed by atoms with E-state index in [0.717, 1.165) is 24.0 Å². The van der Waals surface area contributed by atoms with Crippen LogP contribution in [0.15, 0.2) is 18.2 Å². The summed E-state index contributed by atoms with van der Waals surface area (Å²) >= 11 is 0. The van der Waals surface area contributed by atoms with Crippen molar-refractivity contribution < 1.29 is 23.9 Å². The molecule has 1 fully saturated rings. The molecule has 2 amide bonds. The zero-order chi connectivity index (χ0) is 21.9. The zero-order valence-electron chi connectivity index (χ0n) is 18.4. The summed E-state index contributed by atoms with van der Waals surface area (Å²) < 4.78 is 10.6. The number of benzene rings is 1. The lowest BCUT2D eigenvalue weighted by molar-refractivity contribution is -0.149. The molecular weight excluding hydrogens is 384 g/mol. The van der Waals surface area contributed by atoms with E-state index < -0.39 is 5.60 Å². The summed E-state index contributed by atoms with van der Waals surface area (Å²) in [5, 5.41) is 0. The highest BCUT2D eigenvalue weighted by Gasteiger charge is 2.31. The maximum atomic E-state index is 13.0. The van der Waals surface area contributed by atoms with Crippen LogP contribution >= 0.6 is 0 Å². The molecule has 1 aromatic rings. The third kappa shape index (κ3) is 5.32. The van der Waals surface area contributed by atoms with Crippen LogP contribution in [0.4, 0.5) is 4.79 Å². The number of piperidine rings is 1. The maximum absolute atomic E-state index is 13.0. The largest absolute Gasteiger partial charge is 0.466 e. The van der Waals surface area contributed by atoms with Gasteiger partial charge in [0.15, 0.2) is 0 Å². The van der Waals surface area contributed by atoms with Crippen molar-refractivity contribution in [1.82, 2.24) is 9.80 Å². The molecule has 30 heavy (non-hydrogen) atoms. The molecule has 0 aromatic heterocycles. The van der Waals surface area contributed by atoms with E-state index in [2.05, 4.69) is 0 Å². The Morgan fingerprint density at radius 3 is 2.57 bits per heavy atom. The third-order valence-electron chi connectivity index (χ3n) is 5.45. The molecule has 0 bridgehead atoms. The van der Waals surface area contributed by atoms with Gasteiger partial charge in [0.25, 0.3) is 5.91 Å². The molecule has 1 aromatic carbocycles. The summed E-state index contributed by atoms with van der Waals surface area (Å²) in [4.78, 5) is 40.9. The standard InChI is InChI=1S/C23H32N2O5/c1-5-29-21(27)19-7-6-11-24(15-19)20(26)17-8-9-18-14-25(12-10-16(18)13-17)22(28)30-23(2,3)4/h8-9,13,19H,5-7,10-12,14-15H2,1-4H3/t19-/m1/s1. The molecule has 3 rings (SSSR count). The van der Waals surface area contributed by atoms with Crippen LogP contribution in [-0.4, -0.2) is 59.6 Å². The minimum atomic E-state index is -0.524. The van der Waals surface area contributed by atoms with Crippen LogP contribution in [0.2, 0.25) is 0 Å². The van der Waals surface area contributed by atoms with Gasteiger partial charge in [-0.3, -0.25) is 9.59 Å². The lowest BCUT2D eigenvalue weighted by atomic mass is 9.95. The fourth-order valence-electron chi connectivity index (χ4n) is 3.97. The first-order valence-corrected chi connectivity index (χ1v) is 10.7. The van der Waals surface area contributed by atoms with Gasteiger partial charge in [-0.2, -0.15) is 0 Å². The summed E-state index contributed by atoms with van der Waals surface area (Å²) in [6.07, 6.45) is 1.92. The van der Waals surface area contributed by atoms with E-state index in [1.54, 1.807) is 16.7 Å². The number of nitrogens with zero attached hydrogens (tertiary/aromatic N) is 2. The molecular formula is C23H32N2O5. The van der Waals surface area contributed by atoms with Crippen LogP contribution in [-0.2, 0) is 27.2 Å². The van der Waals surface area contributed by atoms with E-state index in [0.29, 0.717) is 44.8 Å². The Hall–Kier alpha value is -2.57. The molecule has 1 saturated heterocycles. The summed E-state index contributed by atoms with van der Waals surface area (Å²) in [5.74, 6) is -0.522. The highest BCUT2D eigenvalue weighted by atomic mass is 16.6. The van der Waals surface area contributed by atoms with Crippen molar-refractivity contribution in [2.75, 3.05) is 26.2 Å². The van der Waals surface area contributed by atoms with Gasteiger partial charge < -0.3 is 19.3 Å². The van der Waals surface area contributed by atoms with Crippen molar-refractivity contribution in [3.63, 3.8) is 0 Å². The molecule has 0 spiro atoms. The number of rotatable bonds is 3. The van der Waals surface area contributed by atoms with Crippen molar-refractivity contribution >= 4 is 18.0 Å². The first-order valence-electron chi connectivity index (χ1n) is 10.7. The molecule has 2 aliphatic heterocycles. The van der Waals surface area contributed by atoms with Crippen molar-refractivity contribution in [3.05, 3.63) is 34.9 Å². The van der Waals surface area contributed by atoms with Gasteiger partial charge in [-0.15, -0.1) is 0 Å². The monoisotopic (exact) mass is 416 g/mol. The number of carbonyl (C=O) groups excluding carboxylic acids is 3. The first kappa shape index (κ1) is 22.1. The number of hydrogen-bond donors (Lipinski definition) is 0. The van der Waals surface area contributed by atoms with Gasteiger partial charge in [-0.05, 0) is 70.2 Å². The number of hydrogen-bond acceptors (Lipinski definition) is 5. The van der Waals surface area contributed by atoms with Crippen LogP contribution in [0.3, 0.4) is 0 Å². The summed E-state index contributed by atoms with van der Waals surface area (Å²) in [6, 6.07) is 5.66. The number of esters is 1. The molecule has 0 aliphatic carbocycles. The van der Waals surface area contributed by atoms with Crippen LogP contribution in [0.25, 0.3) is 0 Å². The van der Waals surface area contributed by atoms with E-state index in [4.69, 9.17) is 9.47 Å². The van der Waals surface area contributed by atoms with Gasteiger partial charge >= 0.3 is 12.1 Å². The molecule has 164 valence electrons. The summed E-state index contributed by atoms with van der Waals surface area (Å²) in [5.41, 5.74) is 2.22. The average Bonchev–Trinajstić information content (AvgIpc) is 2.71. The van der Waals surface area contributed by atoms with Gasteiger partial charge in [0.1, 0.15) is 5.60 Å². The second kappa shape index (κ2) is 9.06. The minimum absolute atomic E-state index is 0.0543. The lowest BCUT2D eigenvalue weighted by Gasteiger charge is -2.33. The molecule has 2 aliphatic rings. The number of fused-ring (bicyclic) bond motifs is 1. The van der Waals surface area contributed by atoms with Crippen LogP contribution in [0, 0.1) is 5.92 Å². The Kier molecular flexibility index (Phi) is 6.68. The van der Waals surface area contributed by atoms with E-state index in [1.165, 1.54) is 0 Å². The van der Waals surface area contributed by atoms with Gasteiger partial charge in [-0.1, -0.05) is 6.07 Å². The molecule has 1 atom stereocenters. The minimum Gasteiger partial charge on any atom is -0.466 e. The van der Waals surface area contributed by atoms with E-state index >= 15 is 0 Å². The van der Waals surface area contributed by atoms with Gasteiger partial charge in [-0.25, -0.2) is 4.79 Å². The van der Waals surface area contributed by atoms with Crippen molar-refractivity contribution in [1.29, 1.82) is 0 Å². The van der Waals surface area contributed by atoms with Crippen LogP contribution in [0.1, 0.15) is 62.0 Å². The Bertz CT molecular complexity index is 814. The van der Waals surface area contributed by atoms with Crippen molar-refractivity contribution in [2.24, 2.45) is 5.92 Å². The Morgan fingerprint density at radius 1 is 1.10 bits per heavy atom. The molecule has 0 radical (unpaired) electrons. The predicted molar refractivity (Wildman–Crippen MR) is 112 cm³/mol. The highest BCUT2D eigenvalue weighted by Crippen LogP contribution is 2.25. The molecule has 7 heteroatoms. The smallest absolute Gasteiger partial charge is 0.410 e. The Balaban J connectivity index is 1.66. The number of carbonyl (C=O) groups is 3. The van der Waals surface area contributed by atoms with E-state index in [-0.39, 0.29) is 23.9 Å².